The molecule has 1 aliphatic heterocycles. The molecule has 0 saturated carbocycles. The second-order valence-electron chi connectivity index (χ2n) is 3.16. The van der Waals surface area contributed by atoms with E-state index >= 15 is 0 Å². The van der Waals surface area contributed by atoms with Crippen LogP contribution in [0.1, 0.15) is 13.3 Å². The monoisotopic (exact) mass is 157 g/mol. The molecule has 0 aliphatic carbocycles. The summed E-state index contributed by atoms with van der Waals surface area (Å²) in [5, 5.41) is 10.2. The molecule has 0 bridgehead atoms. The summed E-state index contributed by atoms with van der Waals surface area (Å²) in [5.74, 6) is 0. The van der Waals surface area contributed by atoms with Crippen molar-refractivity contribution in [3.63, 3.8) is 0 Å². The molecule has 3 N–H and O–H groups in total. The second kappa shape index (κ2) is 5.52. The van der Waals surface area contributed by atoms with E-state index in [0.717, 1.165) is 32.7 Å². The fourth-order valence-electron chi connectivity index (χ4n) is 1.25. The van der Waals surface area contributed by atoms with Crippen LogP contribution in [0.5, 0.6) is 0 Å². The highest BCUT2D eigenvalue weighted by molar-refractivity contribution is 4.66. The van der Waals surface area contributed by atoms with Crippen LogP contribution in [0.3, 0.4) is 0 Å². The maximum atomic E-state index is 3.45. The summed E-state index contributed by atoms with van der Waals surface area (Å²) in [6, 6.07) is 0.619. The largest absolute Gasteiger partial charge is 0.315 e. The first-order chi connectivity index (χ1) is 5.39. The maximum Gasteiger partial charge on any atom is 0.0164 e. The highest BCUT2D eigenvalue weighted by Gasteiger charge is 2.00. The van der Waals surface area contributed by atoms with Gasteiger partial charge in [0.1, 0.15) is 0 Å². The van der Waals surface area contributed by atoms with E-state index < -0.39 is 0 Å². The average Bonchev–Trinajstić information content (AvgIpc) is 2.03. The van der Waals surface area contributed by atoms with Crippen molar-refractivity contribution in [2.45, 2.75) is 19.4 Å². The summed E-state index contributed by atoms with van der Waals surface area (Å²) in [6.07, 6.45) is 1.24. The summed E-state index contributed by atoms with van der Waals surface area (Å²) in [6.45, 7) is 7.78. The summed E-state index contributed by atoms with van der Waals surface area (Å²) in [5.41, 5.74) is 0. The lowest BCUT2D eigenvalue weighted by atomic mass is 10.3. The van der Waals surface area contributed by atoms with Crippen LogP contribution >= 0.6 is 0 Å². The van der Waals surface area contributed by atoms with E-state index in [-0.39, 0.29) is 0 Å². The topological polar surface area (TPSA) is 36.1 Å². The second-order valence-corrected chi connectivity index (χ2v) is 3.16. The Morgan fingerprint density at radius 3 is 2.73 bits per heavy atom. The third-order valence-corrected chi connectivity index (χ3v) is 1.95. The van der Waals surface area contributed by atoms with Gasteiger partial charge in [0, 0.05) is 25.7 Å². The van der Waals surface area contributed by atoms with Gasteiger partial charge in [-0.2, -0.15) is 0 Å². The van der Waals surface area contributed by atoms with E-state index in [1.165, 1.54) is 6.42 Å². The molecule has 0 unspecified atom stereocenters. The zero-order valence-corrected chi connectivity index (χ0v) is 7.32. The van der Waals surface area contributed by atoms with Crippen LogP contribution in [0.2, 0.25) is 0 Å². The molecule has 1 rings (SSSR count). The molecule has 3 nitrogen and oxygen atoms in total. The first-order valence-corrected chi connectivity index (χ1v) is 4.54. The van der Waals surface area contributed by atoms with E-state index in [9.17, 15) is 0 Å². The minimum Gasteiger partial charge on any atom is -0.315 e. The van der Waals surface area contributed by atoms with Crippen LogP contribution in [0, 0.1) is 0 Å². The molecule has 0 aromatic heterocycles. The van der Waals surface area contributed by atoms with Crippen molar-refractivity contribution >= 4 is 0 Å². The molecule has 1 saturated heterocycles. The van der Waals surface area contributed by atoms with Crippen molar-refractivity contribution in [3.05, 3.63) is 0 Å². The van der Waals surface area contributed by atoms with Gasteiger partial charge in [-0.3, -0.25) is 0 Å². The van der Waals surface area contributed by atoms with Crippen LogP contribution in [-0.2, 0) is 0 Å². The molecule has 1 aliphatic rings. The minimum atomic E-state index is 0.619. The molecule has 11 heavy (non-hydrogen) atoms. The van der Waals surface area contributed by atoms with Gasteiger partial charge < -0.3 is 16.0 Å². The highest BCUT2D eigenvalue weighted by Crippen LogP contribution is 1.82. The van der Waals surface area contributed by atoms with Gasteiger partial charge in [-0.1, -0.05) is 0 Å². The molecule has 0 spiro atoms. The van der Waals surface area contributed by atoms with Crippen LogP contribution in [0.4, 0.5) is 0 Å². The molecule has 3 heteroatoms. The molecule has 1 fully saturated rings. The summed E-state index contributed by atoms with van der Waals surface area (Å²) in [7, 11) is 0. The lowest BCUT2D eigenvalue weighted by molar-refractivity contribution is 0.465. The van der Waals surface area contributed by atoms with Gasteiger partial charge in [0.2, 0.25) is 0 Å². The van der Waals surface area contributed by atoms with Crippen molar-refractivity contribution in [2.24, 2.45) is 0 Å². The Morgan fingerprint density at radius 2 is 1.82 bits per heavy atom. The minimum absolute atomic E-state index is 0.619. The predicted molar refractivity (Wildman–Crippen MR) is 47.8 cm³/mol. The van der Waals surface area contributed by atoms with Gasteiger partial charge in [0.25, 0.3) is 0 Å². The Morgan fingerprint density at radius 1 is 1.00 bits per heavy atom. The first-order valence-electron chi connectivity index (χ1n) is 4.54. The van der Waals surface area contributed by atoms with Gasteiger partial charge in [0.15, 0.2) is 0 Å². The Balaban J connectivity index is 2.12. The SMILES string of the molecule is C[C@H]1CNCCNCCCN1. The number of hydrogen-bond acceptors (Lipinski definition) is 3. The fourth-order valence-corrected chi connectivity index (χ4v) is 1.25. The lowest BCUT2D eigenvalue weighted by Gasteiger charge is -2.17. The summed E-state index contributed by atoms with van der Waals surface area (Å²) >= 11 is 0. The molecular formula is C8H19N3. The van der Waals surface area contributed by atoms with Crippen molar-refractivity contribution in [1.29, 1.82) is 0 Å². The zero-order valence-electron chi connectivity index (χ0n) is 7.32. The van der Waals surface area contributed by atoms with Gasteiger partial charge in [-0.05, 0) is 26.4 Å². The number of nitrogens with one attached hydrogen (secondary N) is 3. The van der Waals surface area contributed by atoms with E-state index in [4.69, 9.17) is 0 Å². The van der Waals surface area contributed by atoms with Crippen molar-refractivity contribution in [2.75, 3.05) is 32.7 Å². The molecule has 0 aromatic rings. The van der Waals surface area contributed by atoms with Gasteiger partial charge >= 0.3 is 0 Å². The van der Waals surface area contributed by atoms with Crippen LogP contribution in [0.25, 0.3) is 0 Å². The first kappa shape index (κ1) is 8.97. The Hall–Kier alpha value is -0.120. The molecule has 0 radical (unpaired) electrons. The Bertz CT molecular complexity index is 85.3. The molecule has 1 heterocycles. The van der Waals surface area contributed by atoms with Gasteiger partial charge in [0.05, 0.1) is 0 Å². The third-order valence-electron chi connectivity index (χ3n) is 1.95. The zero-order chi connectivity index (χ0) is 7.94. The van der Waals surface area contributed by atoms with Crippen molar-refractivity contribution in [1.82, 2.24) is 16.0 Å². The van der Waals surface area contributed by atoms with Crippen LogP contribution in [-0.4, -0.2) is 38.8 Å². The van der Waals surface area contributed by atoms with Crippen LogP contribution in [0.15, 0.2) is 0 Å². The molecule has 0 aromatic carbocycles. The van der Waals surface area contributed by atoms with Crippen molar-refractivity contribution < 1.29 is 0 Å². The quantitative estimate of drug-likeness (QED) is 0.445. The number of hydrogen-bond donors (Lipinski definition) is 3. The summed E-state index contributed by atoms with van der Waals surface area (Å²) in [4.78, 5) is 0. The van der Waals surface area contributed by atoms with Gasteiger partial charge in [-0.15, -0.1) is 0 Å². The molecular weight excluding hydrogens is 138 g/mol. The van der Waals surface area contributed by atoms with Gasteiger partial charge in [-0.25, -0.2) is 0 Å². The van der Waals surface area contributed by atoms with E-state index in [0.29, 0.717) is 6.04 Å². The normalized spacial score (nSPS) is 29.7. The van der Waals surface area contributed by atoms with Crippen LogP contribution < -0.4 is 16.0 Å². The predicted octanol–water partition coefficient (Wildman–Crippen LogP) is -0.453. The van der Waals surface area contributed by atoms with Crippen molar-refractivity contribution in [3.8, 4) is 0 Å². The average molecular weight is 157 g/mol. The molecule has 66 valence electrons. The van der Waals surface area contributed by atoms with E-state index in [2.05, 4.69) is 22.9 Å². The Labute approximate surface area is 68.9 Å². The summed E-state index contributed by atoms with van der Waals surface area (Å²) < 4.78 is 0. The van der Waals surface area contributed by atoms with E-state index in [1.807, 2.05) is 0 Å². The highest BCUT2D eigenvalue weighted by atomic mass is 15.0. The standard InChI is InChI=1S/C8H19N3/c1-8-7-10-6-5-9-3-2-4-11-8/h8-11H,2-7H2,1H3/t8-/m0/s1. The number of rotatable bonds is 0. The lowest BCUT2D eigenvalue weighted by Crippen LogP contribution is -2.41. The van der Waals surface area contributed by atoms with E-state index in [1.54, 1.807) is 0 Å². The Kier molecular flexibility index (Phi) is 4.50. The third kappa shape index (κ3) is 4.35. The molecule has 1 atom stereocenters. The fraction of sp³-hybridized carbons (Fsp3) is 1.00. The smallest absolute Gasteiger partial charge is 0.0164 e. The maximum absolute atomic E-state index is 3.45. The molecule has 0 amide bonds.